The first-order chi connectivity index (χ1) is 13.9. The number of nitriles is 1. The smallest absolute Gasteiger partial charge is 0.216 e. The largest absolute Gasteiger partial charge is 0.489 e. The van der Waals surface area contributed by atoms with Crippen LogP contribution in [0.4, 0.5) is 0 Å². The lowest BCUT2D eigenvalue weighted by Gasteiger charge is -2.08. The number of benzene rings is 3. The van der Waals surface area contributed by atoms with Crippen LogP contribution >= 0.6 is 23.2 Å². The lowest BCUT2D eigenvalue weighted by molar-refractivity contribution is 0.306. The molecule has 4 nitrogen and oxygen atoms in total. The zero-order valence-electron chi connectivity index (χ0n) is 15.0. The Balaban J connectivity index is 1.76. The molecule has 3 aromatic carbocycles. The number of hydrogen-bond donors (Lipinski definition) is 0. The predicted molar refractivity (Wildman–Crippen MR) is 114 cm³/mol. The van der Waals surface area contributed by atoms with E-state index in [9.17, 15) is 13.7 Å². The van der Waals surface area contributed by atoms with Gasteiger partial charge in [0.1, 0.15) is 23.3 Å². The molecular formula is C22H15Cl2NO3S. The summed E-state index contributed by atoms with van der Waals surface area (Å²) in [7, 11) is -3.87. The Morgan fingerprint density at radius 1 is 1.00 bits per heavy atom. The minimum absolute atomic E-state index is 0.0765. The third-order valence-corrected chi connectivity index (χ3v) is 6.31. The summed E-state index contributed by atoms with van der Waals surface area (Å²) in [6, 6.07) is 21.5. The zero-order valence-corrected chi connectivity index (χ0v) is 17.4. The van der Waals surface area contributed by atoms with Crippen molar-refractivity contribution < 1.29 is 13.2 Å². The first-order valence-corrected chi connectivity index (χ1v) is 10.7. The van der Waals surface area contributed by atoms with Crippen molar-refractivity contribution in [1.82, 2.24) is 0 Å². The van der Waals surface area contributed by atoms with Crippen LogP contribution in [0.1, 0.15) is 11.1 Å². The number of halogens is 2. The molecule has 0 aliphatic rings. The van der Waals surface area contributed by atoms with E-state index in [1.807, 2.05) is 0 Å². The molecule has 146 valence electrons. The molecule has 0 saturated carbocycles. The lowest BCUT2D eigenvalue weighted by Crippen LogP contribution is -2.03. The maximum atomic E-state index is 12.6. The second-order valence-corrected chi connectivity index (χ2v) is 8.79. The molecule has 0 aliphatic heterocycles. The van der Waals surface area contributed by atoms with Gasteiger partial charge in [0.25, 0.3) is 0 Å². The van der Waals surface area contributed by atoms with E-state index in [4.69, 9.17) is 27.9 Å². The average molecular weight is 444 g/mol. The van der Waals surface area contributed by atoms with Gasteiger partial charge in [0.15, 0.2) is 0 Å². The van der Waals surface area contributed by atoms with Crippen molar-refractivity contribution in [2.24, 2.45) is 0 Å². The molecule has 0 heterocycles. The van der Waals surface area contributed by atoms with Crippen LogP contribution in [0.5, 0.6) is 5.75 Å². The fraction of sp³-hybridized carbons (Fsp3) is 0.0455. The van der Waals surface area contributed by atoms with E-state index in [0.717, 1.165) is 5.56 Å². The summed E-state index contributed by atoms with van der Waals surface area (Å²) < 4.78 is 30.9. The summed E-state index contributed by atoms with van der Waals surface area (Å²) >= 11 is 12.0. The summed E-state index contributed by atoms with van der Waals surface area (Å²) in [6.45, 7) is 0.261. The van der Waals surface area contributed by atoms with Gasteiger partial charge in [0.2, 0.25) is 9.84 Å². The van der Waals surface area contributed by atoms with E-state index >= 15 is 0 Å². The molecule has 3 aromatic rings. The Kier molecular flexibility index (Phi) is 6.60. The fourth-order valence-corrected chi connectivity index (χ4v) is 4.15. The van der Waals surface area contributed by atoms with Crippen LogP contribution in [0.15, 0.2) is 82.6 Å². The summed E-state index contributed by atoms with van der Waals surface area (Å²) in [5, 5.41) is 10.4. The highest BCUT2D eigenvalue weighted by Crippen LogP contribution is 2.24. The molecule has 0 amide bonds. The van der Waals surface area contributed by atoms with Gasteiger partial charge in [-0.25, -0.2) is 8.42 Å². The van der Waals surface area contributed by atoms with Crippen molar-refractivity contribution in [2.75, 3.05) is 0 Å². The van der Waals surface area contributed by atoms with Gasteiger partial charge in [-0.3, -0.25) is 0 Å². The predicted octanol–water partition coefficient (Wildman–Crippen LogP) is 5.91. The highest BCUT2D eigenvalue weighted by Gasteiger charge is 2.20. The van der Waals surface area contributed by atoms with E-state index in [1.54, 1.807) is 66.7 Å². The van der Waals surface area contributed by atoms with Gasteiger partial charge in [0.05, 0.1) is 4.90 Å². The third kappa shape index (κ3) is 5.18. The summed E-state index contributed by atoms with van der Waals surface area (Å²) in [4.78, 5) is -0.252. The first kappa shape index (κ1) is 20.9. The average Bonchev–Trinajstić information content (AvgIpc) is 2.73. The van der Waals surface area contributed by atoms with Crippen molar-refractivity contribution in [3.63, 3.8) is 0 Å². The minimum Gasteiger partial charge on any atom is -0.489 e. The molecule has 0 saturated heterocycles. The third-order valence-electron chi connectivity index (χ3n) is 4.04. The van der Waals surface area contributed by atoms with Crippen molar-refractivity contribution >= 4 is 39.1 Å². The number of ether oxygens (including phenoxy) is 1. The van der Waals surface area contributed by atoms with Gasteiger partial charge in [-0.2, -0.15) is 5.26 Å². The number of rotatable bonds is 6. The monoisotopic (exact) mass is 443 g/mol. The van der Waals surface area contributed by atoms with E-state index in [-0.39, 0.29) is 16.4 Å². The maximum absolute atomic E-state index is 12.6. The molecular weight excluding hydrogens is 429 g/mol. The van der Waals surface area contributed by atoms with Crippen LogP contribution in [0.25, 0.3) is 6.08 Å². The Hall–Kier alpha value is -2.78. The molecule has 3 rings (SSSR count). The topological polar surface area (TPSA) is 67.2 Å². The molecule has 0 aromatic heterocycles. The molecule has 7 heteroatoms. The van der Waals surface area contributed by atoms with Gasteiger partial charge in [0, 0.05) is 15.6 Å². The number of sulfone groups is 1. The second kappa shape index (κ2) is 9.15. The van der Waals surface area contributed by atoms with Crippen LogP contribution in [0.2, 0.25) is 10.0 Å². The van der Waals surface area contributed by atoms with E-state index in [1.165, 1.54) is 18.2 Å². The van der Waals surface area contributed by atoms with Crippen molar-refractivity contribution in [1.29, 1.82) is 5.26 Å². The number of nitrogens with zero attached hydrogens (tertiary/aromatic N) is 1. The first-order valence-electron chi connectivity index (χ1n) is 8.49. The molecule has 0 fully saturated rings. The quantitative estimate of drug-likeness (QED) is 0.444. The van der Waals surface area contributed by atoms with Crippen LogP contribution in [0.3, 0.4) is 0 Å². The Morgan fingerprint density at radius 2 is 1.69 bits per heavy atom. The lowest BCUT2D eigenvalue weighted by atomic mass is 10.2. The molecule has 0 unspecified atom stereocenters. The van der Waals surface area contributed by atoms with Crippen molar-refractivity contribution in [2.45, 2.75) is 11.5 Å². The van der Waals surface area contributed by atoms with Gasteiger partial charge in [-0.1, -0.05) is 59.6 Å². The van der Waals surface area contributed by atoms with Crippen LogP contribution in [0, 0.1) is 11.3 Å². The zero-order chi connectivity index (χ0) is 20.9. The maximum Gasteiger partial charge on any atom is 0.216 e. The Labute approximate surface area is 179 Å². The molecule has 0 atom stereocenters. The SMILES string of the molecule is N#C/C(=C\c1ccc(OCc2ccc(Cl)cc2Cl)cc1)S(=O)(=O)c1ccccc1. The van der Waals surface area contributed by atoms with E-state index in [0.29, 0.717) is 21.4 Å². The molecule has 0 bridgehead atoms. The second-order valence-electron chi connectivity index (χ2n) is 6.03. The van der Waals surface area contributed by atoms with Crippen LogP contribution < -0.4 is 4.74 Å². The molecule has 0 N–H and O–H groups in total. The Bertz CT molecular complexity index is 1180. The van der Waals surface area contributed by atoms with E-state index < -0.39 is 9.84 Å². The Morgan fingerprint density at radius 3 is 2.31 bits per heavy atom. The minimum atomic E-state index is -3.87. The van der Waals surface area contributed by atoms with Crippen molar-refractivity contribution in [3.05, 3.63) is 98.9 Å². The fourth-order valence-electron chi connectivity index (χ4n) is 2.51. The summed E-state index contributed by atoms with van der Waals surface area (Å²) in [5.74, 6) is 0.581. The summed E-state index contributed by atoms with van der Waals surface area (Å²) in [6.07, 6.45) is 1.34. The number of allylic oxidation sites excluding steroid dienone is 1. The van der Waals surface area contributed by atoms with E-state index in [2.05, 4.69) is 0 Å². The molecule has 29 heavy (non-hydrogen) atoms. The van der Waals surface area contributed by atoms with Gasteiger partial charge >= 0.3 is 0 Å². The highest BCUT2D eigenvalue weighted by atomic mass is 35.5. The normalized spacial score (nSPS) is 11.7. The molecule has 0 radical (unpaired) electrons. The van der Waals surface area contributed by atoms with Crippen LogP contribution in [-0.4, -0.2) is 8.42 Å². The molecule has 0 spiro atoms. The highest BCUT2D eigenvalue weighted by molar-refractivity contribution is 7.95. The van der Waals surface area contributed by atoms with Gasteiger partial charge < -0.3 is 4.74 Å². The summed E-state index contributed by atoms with van der Waals surface area (Å²) in [5.41, 5.74) is 1.36. The van der Waals surface area contributed by atoms with Gasteiger partial charge in [-0.05, 0) is 48.0 Å². The molecule has 0 aliphatic carbocycles. The standard InChI is InChI=1S/C22H15Cl2NO3S/c23-18-9-8-17(22(24)13-18)15-28-19-10-6-16(7-11-19)12-21(14-25)29(26,27)20-4-2-1-3-5-20/h1-13H,15H2/b21-12+. The van der Waals surface area contributed by atoms with Crippen LogP contribution in [-0.2, 0) is 16.4 Å². The number of hydrogen-bond acceptors (Lipinski definition) is 4. The van der Waals surface area contributed by atoms with Gasteiger partial charge in [-0.15, -0.1) is 0 Å². The van der Waals surface area contributed by atoms with Crippen molar-refractivity contribution in [3.8, 4) is 11.8 Å².